The maximum atomic E-state index is 13.0. The Kier molecular flexibility index (Phi) is 4.69. The minimum Gasteiger partial charge on any atom is -0.481 e. The van der Waals surface area contributed by atoms with Crippen LogP contribution in [0.3, 0.4) is 0 Å². The first-order valence-corrected chi connectivity index (χ1v) is 6.51. The summed E-state index contributed by atoms with van der Waals surface area (Å²) in [5.41, 5.74) is -2.85. The van der Waals surface area contributed by atoms with Crippen molar-refractivity contribution in [2.24, 2.45) is 0 Å². The molecule has 0 aliphatic carbocycles. The monoisotopic (exact) mass is 321 g/mol. The highest BCUT2D eigenvalue weighted by Gasteiger charge is 2.41. The molecule has 2 N–H and O–H groups in total. The van der Waals surface area contributed by atoms with E-state index in [2.05, 4.69) is 5.10 Å². The maximum absolute atomic E-state index is 13.0. The molecule has 2 rings (SSSR count). The molecule has 0 spiro atoms. The van der Waals surface area contributed by atoms with Crippen molar-refractivity contribution in [3.05, 3.63) is 22.1 Å². The van der Waals surface area contributed by atoms with Crippen LogP contribution < -0.4 is 10.5 Å². The van der Waals surface area contributed by atoms with Crippen molar-refractivity contribution in [1.82, 2.24) is 10.2 Å². The molecular formula is C12H14F3N3O4. The molecule has 0 saturated carbocycles. The van der Waals surface area contributed by atoms with Crippen molar-refractivity contribution in [3.63, 3.8) is 0 Å². The molecule has 0 unspecified atom stereocenters. The predicted molar refractivity (Wildman–Crippen MR) is 68.7 cm³/mol. The molecule has 0 radical (unpaired) electrons. The Morgan fingerprint density at radius 1 is 1.55 bits per heavy atom. The minimum absolute atomic E-state index is 0.0145. The Morgan fingerprint density at radius 3 is 2.82 bits per heavy atom. The van der Waals surface area contributed by atoms with Gasteiger partial charge in [-0.3, -0.25) is 9.59 Å². The lowest BCUT2D eigenvalue weighted by molar-refractivity contribution is -0.139. The SMILES string of the molecule is O=C(O)CCOC[C@H]1CCN1c1cn[nH]c(=O)c1C(F)(F)F. The lowest BCUT2D eigenvalue weighted by atomic mass is 10.0. The zero-order chi connectivity index (χ0) is 16.3. The van der Waals surface area contributed by atoms with Crippen molar-refractivity contribution in [2.75, 3.05) is 24.7 Å². The molecule has 0 amide bonds. The van der Waals surface area contributed by atoms with E-state index in [-0.39, 0.29) is 31.4 Å². The van der Waals surface area contributed by atoms with Crippen LogP contribution in [-0.2, 0) is 15.7 Å². The number of aromatic nitrogens is 2. The highest BCUT2D eigenvalue weighted by atomic mass is 19.4. The Hall–Kier alpha value is -2.10. The highest BCUT2D eigenvalue weighted by molar-refractivity contribution is 5.66. The van der Waals surface area contributed by atoms with Crippen molar-refractivity contribution >= 4 is 11.7 Å². The highest BCUT2D eigenvalue weighted by Crippen LogP contribution is 2.36. The number of hydrogen-bond acceptors (Lipinski definition) is 5. The summed E-state index contributed by atoms with van der Waals surface area (Å²) in [7, 11) is 0. The largest absolute Gasteiger partial charge is 0.481 e. The number of aliphatic carboxylic acids is 1. The van der Waals surface area contributed by atoms with Crippen molar-refractivity contribution in [1.29, 1.82) is 0 Å². The third-order valence-electron chi connectivity index (χ3n) is 3.34. The van der Waals surface area contributed by atoms with E-state index in [0.29, 0.717) is 13.0 Å². The lowest BCUT2D eigenvalue weighted by Gasteiger charge is -2.43. The summed E-state index contributed by atoms with van der Waals surface area (Å²) in [6.45, 7) is 0.429. The molecule has 1 aromatic rings. The second kappa shape index (κ2) is 6.34. The van der Waals surface area contributed by atoms with Crippen molar-refractivity contribution in [3.8, 4) is 0 Å². The molecule has 1 aliphatic heterocycles. The summed E-state index contributed by atoms with van der Waals surface area (Å²) in [6, 6.07) is -0.335. The molecule has 1 atom stereocenters. The molecule has 22 heavy (non-hydrogen) atoms. The number of H-pyrrole nitrogens is 1. The van der Waals surface area contributed by atoms with Gasteiger partial charge in [0.05, 0.1) is 37.6 Å². The fraction of sp³-hybridized carbons (Fsp3) is 0.583. The van der Waals surface area contributed by atoms with Gasteiger partial charge in [0.2, 0.25) is 0 Å². The summed E-state index contributed by atoms with van der Waals surface area (Å²) < 4.78 is 44.1. The number of carbonyl (C=O) groups is 1. The smallest absolute Gasteiger partial charge is 0.423 e. The first-order valence-electron chi connectivity index (χ1n) is 6.51. The van der Waals surface area contributed by atoms with E-state index in [1.165, 1.54) is 4.90 Å². The fourth-order valence-corrected chi connectivity index (χ4v) is 2.19. The van der Waals surface area contributed by atoms with Gasteiger partial charge in [0, 0.05) is 6.54 Å². The van der Waals surface area contributed by atoms with Crippen LogP contribution in [0.25, 0.3) is 0 Å². The first-order chi connectivity index (χ1) is 10.3. The Morgan fingerprint density at radius 2 is 2.27 bits per heavy atom. The number of rotatable bonds is 6. The zero-order valence-corrected chi connectivity index (χ0v) is 11.4. The third kappa shape index (κ3) is 3.56. The topological polar surface area (TPSA) is 95.5 Å². The lowest BCUT2D eigenvalue weighted by Crippen LogP contribution is -2.52. The summed E-state index contributed by atoms with van der Waals surface area (Å²) in [5.74, 6) is -1.01. The molecular weight excluding hydrogens is 307 g/mol. The molecule has 10 heteroatoms. The standard InChI is InChI=1S/C12H14F3N3O4/c13-12(14,15)10-8(5-16-17-11(10)21)18-3-1-7(18)6-22-4-2-9(19)20/h5,7H,1-4,6H2,(H,17,21)(H,19,20)/t7-/m1/s1. The van der Waals surface area contributed by atoms with Gasteiger partial charge in [-0.15, -0.1) is 0 Å². The predicted octanol–water partition coefficient (Wildman–Crippen LogP) is 0.859. The minimum atomic E-state index is -4.78. The molecule has 7 nitrogen and oxygen atoms in total. The number of nitrogens with one attached hydrogen (secondary N) is 1. The van der Waals surface area contributed by atoms with Crippen LogP contribution in [0, 0.1) is 0 Å². The molecule has 1 aliphatic rings. The van der Waals surface area contributed by atoms with Crippen molar-refractivity contribution < 1.29 is 27.8 Å². The van der Waals surface area contributed by atoms with Gasteiger partial charge in [0.1, 0.15) is 5.56 Å². The summed E-state index contributed by atoms with van der Waals surface area (Å²) in [6.07, 6.45) is -3.39. The number of nitrogens with zero attached hydrogens (tertiary/aromatic N) is 2. The van der Waals surface area contributed by atoms with Gasteiger partial charge in [-0.1, -0.05) is 0 Å². The van der Waals surface area contributed by atoms with Crippen LogP contribution in [0.2, 0.25) is 0 Å². The fourth-order valence-electron chi connectivity index (χ4n) is 2.19. The van der Waals surface area contributed by atoms with E-state index in [1.54, 1.807) is 5.10 Å². The van der Waals surface area contributed by atoms with Crippen LogP contribution >= 0.6 is 0 Å². The average molecular weight is 321 g/mol. The molecule has 122 valence electrons. The Labute approximate surface area is 122 Å². The van der Waals surface area contributed by atoms with E-state index in [4.69, 9.17) is 9.84 Å². The number of aromatic amines is 1. The van der Waals surface area contributed by atoms with E-state index in [9.17, 15) is 22.8 Å². The Bertz CT molecular complexity index is 602. The second-order valence-corrected chi connectivity index (χ2v) is 4.81. The van der Waals surface area contributed by atoms with Gasteiger partial charge in [-0.05, 0) is 6.42 Å². The quantitative estimate of drug-likeness (QED) is 0.755. The molecule has 1 saturated heterocycles. The summed E-state index contributed by atoms with van der Waals surface area (Å²) in [4.78, 5) is 23.2. The normalized spacial score (nSPS) is 18.1. The van der Waals surface area contributed by atoms with Gasteiger partial charge in [0.15, 0.2) is 0 Å². The van der Waals surface area contributed by atoms with E-state index in [0.717, 1.165) is 6.20 Å². The second-order valence-electron chi connectivity index (χ2n) is 4.81. The van der Waals surface area contributed by atoms with Gasteiger partial charge in [-0.25, -0.2) is 5.10 Å². The van der Waals surface area contributed by atoms with Crippen LogP contribution in [-0.4, -0.2) is 47.1 Å². The van der Waals surface area contributed by atoms with Crippen LogP contribution in [0.1, 0.15) is 18.4 Å². The number of hydrogen-bond donors (Lipinski definition) is 2. The summed E-state index contributed by atoms with van der Waals surface area (Å²) in [5, 5.41) is 13.7. The van der Waals surface area contributed by atoms with E-state index < -0.39 is 23.3 Å². The van der Waals surface area contributed by atoms with Gasteiger partial charge in [0.25, 0.3) is 5.56 Å². The third-order valence-corrected chi connectivity index (χ3v) is 3.34. The number of ether oxygens (including phenoxy) is 1. The number of alkyl halides is 3. The van der Waals surface area contributed by atoms with E-state index in [1.807, 2.05) is 0 Å². The average Bonchev–Trinajstić information content (AvgIpc) is 2.35. The molecule has 0 aromatic carbocycles. The first kappa shape index (κ1) is 16.3. The molecule has 0 bridgehead atoms. The van der Waals surface area contributed by atoms with Crippen molar-refractivity contribution in [2.45, 2.75) is 25.1 Å². The molecule has 1 fully saturated rings. The number of carboxylic acid groups (broad SMARTS) is 1. The van der Waals surface area contributed by atoms with Gasteiger partial charge in [-0.2, -0.15) is 18.3 Å². The van der Waals surface area contributed by atoms with Gasteiger partial charge < -0.3 is 14.7 Å². The maximum Gasteiger partial charge on any atom is 0.423 e. The zero-order valence-electron chi connectivity index (χ0n) is 11.4. The van der Waals surface area contributed by atoms with Crippen LogP contribution in [0.4, 0.5) is 18.9 Å². The number of carboxylic acids is 1. The number of anilines is 1. The van der Waals surface area contributed by atoms with E-state index >= 15 is 0 Å². The van der Waals surface area contributed by atoms with Gasteiger partial charge >= 0.3 is 12.1 Å². The number of halogens is 3. The van der Waals surface area contributed by atoms with Crippen LogP contribution in [0.5, 0.6) is 0 Å². The summed E-state index contributed by atoms with van der Waals surface area (Å²) >= 11 is 0. The van der Waals surface area contributed by atoms with Crippen LogP contribution in [0.15, 0.2) is 11.0 Å². The Balaban J connectivity index is 2.08. The molecule has 1 aromatic heterocycles. The molecule has 2 heterocycles.